The number of hydrogen-bond donors (Lipinski definition) is 0. The van der Waals surface area contributed by atoms with Gasteiger partial charge in [-0.15, -0.1) is 0 Å². The monoisotopic (exact) mass is 469 g/mol. The average Bonchev–Trinajstić information content (AvgIpc) is 2.80. The van der Waals surface area contributed by atoms with E-state index in [1.165, 1.54) is 16.8 Å². The van der Waals surface area contributed by atoms with Crippen molar-refractivity contribution in [1.29, 1.82) is 0 Å². The second kappa shape index (κ2) is 10.8. The standard InChI is InChI=1S/C27H36ClN3O2/c1-20(2)31-26-19-23(11-9-22(26)10-12-27(31)32)33-18-5-4-13-29-14-16-30(17-15-29)25-8-6-7-24(28)21(25)3/h6-9,11,19-20H,4-5,10,12-18H2,1-3H3. The van der Waals surface area contributed by atoms with E-state index in [0.717, 1.165) is 68.4 Å². The topological polar surface area (TPSA) is 36.0 Å². The smallest absolute Gasteiger partial charge is 0.227 e. The first kappa shape index (κ1) is 23.9. The van der Waals surface area contributed by atoms with E-state index < -0.39 is 0 Å². The van der Waals surface area contributed by atoms with Gasteiger partial charge >= 0.3 is 0 Å². The maximum absolute atomic E-state index is 12.4. The van der Waals surface area contributed by atoms with Crippen molar-refractivity contribution in [2.75, 3.05) is 49.1 Å². The Bertz CT molecular complexity index is 970. The number of carbonyl (C=O) groups excluding carboxylic acids is 1. The second-order valence-corrected chi connectivity index (χ2v) is 9.82. The van der Waals surface area contributed by atoms with E-state index in [1.54, 1.807) is 0 Å². The number of anilines is 2. The number of aryl methyl sites for hydroxylation is 1. The summed E-state index contributed by atoms with van der Waals surface area (Å²) in [4.78, 5) is 19.3. The maximum Gasteiger partial charge on any atom is 0.227 e. The molecule has 0 radical (unpaired) electrons. The van der Waals surface area contributed by atoms with E-state index in [1.807, 2.05) is 29.2 Å². The number of fused-ring (bicyclic) bond motifs is 1. The van der Waals surface area contributed by atoms with Crippen LogP contribution in [0.2, 0.25) is 5.02 Å². The van der Waals surface area contributed by atoms with Crippen LogP contribution in [-0.4, -0.2) is 56.2 Å². The van der Waals surface area contributed by atoms with Gasteiger partial charge in [0, 0.05) is 55.4 Å². The van der Waals surface area contributed by atoms with E-state index in [4.69, 9.17) is 16.3 Å². The van der Waals surface area contributed by atoms with E-state index >= 15 is 0 Å². The van der Waals surface area contributed by atoms with Gasteiger partial charge in [0.2, 0.25) is 5.91 Å². The Labute approximate surface area is 203 Å². The first-order valence-electron chi connectivity index (χ1n) is 12.2. The summed E-state index contributed by atoms with van der Waals surface area (Å²) < 4.78 is 6.05. The van der Waals surface area contributed by atoms with Gasteiger partial charge < -0.3 is 14.5 Å². The highest BCUT2D eigenvalue weighted by molar-refractivity contribution is 6.31. The van der Waals surface area contributed by atoms with Gasteiger partial charge in [0.05, 0.1) is 12.3 Å². The number of unbranched alkanes of at least 4 members (excludes halogenated alkanes) is 1. The molecule has 0 saturated carbocycles. The van der Waals surface area contributed by atoms with Crippen molar-refractivity contribution in [1.82, 2.24) is 4.90 Å². The number of hydrogen-bond acceptors (Lipinski definition) is 4. The van der Waals surface area contributed by atoms with E-state index in [-0.39, 0.29) is 11.9 Å². The molecule has 1 amide bonds. The third-order valence-electron chi connectivity index (χ3n) is 6.80. The maximum atomic E-state index is 12.4. The zero-order valence-corrected chi connectivity index (χ0v) is 20.9. The van der Waals surface area contributed by atoms with Crippen LogP contribution in [0.3, 0.4) is 0 Å². The molecule has 6 heteroatoms. The van der Waals surface area contributed by atoms with E-state index in [2.05, 4.69) is 42.7 Å². The molecule has 0 atom stereocenters. The molecule has 1 saturated heterocycles. The minimum atomic E-state index is 0.162. The fourth-order valence-electron chi connectivity index (χ4n) is 4.91. The average molecular weight is 470 g/mol. The Morgan fingerprint density at radius 2 is 1.79 bits per heavy atom. The van der Waals surface area contributed by atoms with E-state index in [0.29, 0.717) is 13.0 Å². The summed E-state index contributed by atoms with van der Waals surface area (Å²) in [7, 11) is 0. The van der Waals surface area contributed by atoms with Crippen LogP contribution in [0, 0.1) is 6.92 Å². The third kappa shape index (κ3) is 5.64. The quantitative estimate of drug-likeness (QED) is 0.490. The van der Waals surface area contributed by atoms with Gasteiger partial charge in [0.1, 0.15) is 5.75 Å². The highest BCUT2D eigenvalue weighted by atomic mass is 35.5. The van der Waals surface area contributed by atoms with Crippen LogP contribution in [-0.2, 0) is 11.2 Å². The van der Waals surface area contributed by atoms with Crippen molar-refractivity contribution in [3.8, 4) is 5.75 Å². The Morgan fingerprint density at radius 1 is 1.00 bits per heavy atom. The molecule has 2 aliphatic rings. The van der Waals surface area contributed by atoms with E-state index in [9.17, 15) is 4.79 Å². The predicted molar refractivity (Wildman–Crippen MR) is 137 cm³/mol. The lowest BCUT2D eigenvalue weighted by molar-refractivity contribution is -0.119. The lowest BCUT2D eigenvalue weighted by Gasteiger charge is -2.37. The van der Waals surface area contributed by atoms with Crippen LogP contribution in [0.5, 0.6) is 5.75 Å². The third-order valence-corrected chi connectivity index (χ3v) is 7.21. The van der Waals surface area contributed by atoms with Gasteiger partial charge in [-0.3, -0.25) is 9.69 Å². The Hall–Kier alpha value is -2.24. The molecule has 0 aromatic heterocycles. The first-order chi connectivity index (χ1) is 15.9. The fraction of sp³-hybridized carbons (Fsp3) is 0.519. The largest absolute Gasteiger partial charge is 0.494 e. The van der Waals surface area contributed by atoms with Gasteiger partial charge in [0.25, 0.3) is 0 Å². The normalized spacial score (nSPS) is 16.9. The molecule has 0 spiro atoms. The van der Waals surface area contributed by atoms with Crippen LogP contribution in [0.4, 0.5) is 11.4 Å². The van der Waals surface area contributed by atoms with Gasteiger partial charge in [-0.2, -0.15) is 0 Å². The van der Waals surface area contributed by atoms with Gasteiger partial charge in [-0.05, 0) is 75.9 Å². The summed E-state index contributed by atoms with van der Waals surface area (Å²) in [5, 5.41) is 0.845. The zero-order chi connectivity index (χ0) is 23.4. The highest BCUT2D eigenvalue weighted by Crippen LogP contribution is 2.33. The van der Waals surface area contributed by atoms with Crippen LogP contribution >= 0.6 is 11.6 Å². The molecule has 2 heterocycles. The SMILES string of the molecule is Cc1c(Cl)cccc1N1CCN(CCCCOc2ccc3c(c2)N(C(C)C)C(=O)CC3)CC1. The molecule has 2 aliphatic heterocycles. The number of rotatable bonds is 8. The molecule has 0 N–H and O–H groups in total. The number of piperazine rings is 1. The molecule has 4 rings (SSSR count). The molecule has 0 aliphatic carbocycles. The number of carbonyl (C=O) groups is 1. The molecule has 33 heavy (non-hydrogen) atoms. The number of amides is 1. The summed E-state index contributed by atoms with van der Waals surface area (Å²) in [6.07, 6.45) is 3.56. The fourth-order valence-corrected chi connectivity index (χ4v) is 5.08. The molecule has 1 fully saturated rings. The van der Waals surface area contributed by atoms with Crippen LogP contribution in [0.15, 0.2) is 36.4 Å². The molecular formula is C27H36ClN3O2. The van der Waals surface area contributed by atoms with Gasteiger partial charge in [0.15, 0.2) is 0 Å². The van der Waals surface area contributed by atoms with Crippen molar-refractivity contribution in [2.45, 2.75) is 52.5 Å². The Balaban J connectivity index is 1.20. The Kier molecular flexibility index (Phi) is 7.82. The highest BCUT2D eigenvalue weighted by Gasteiger charge is 2.26. The summed E-state index contributed by atoms with van der Waals surface area (Å²) in [6, 6.07) is 12.5. The molecule has 5 nitrogen and oxygen atoms in total. The van der Waals surface area contributed by atoms with Crippen molar-refractivity contribution in [3.05, 3.63) is 52.5 Å². The summed E-state index contributed by atoms with van der Waals surface area (Å²) in [5.74, 6) is 1.07. The Morgan fingerprint density at radius 3 is 2.55 bits per heavy atom. The molecule has 2 aromatic carbocycles. The number of benzene rings is 2. The lowest BCUT2D eigenvalue weighted by Crippen LogP contribution is -2.46. The molecular weight excluding hydrogens is 434 g/mol. The number of halogens is 1. The van der Waals surface area contributed by atoms with Crippen molar-refractivity contribution in [3.63, 3.8) is 0 Å². The number of nitrogens with zero attached hydrogens (tertiary/aromatic N) is 3. The minimum Gasteiger partial charge on any atom is -0.494 e. The van der Waals surface area contributed by atoms with Gasteiger partial charge in [-0.1, -0.05) is 23.7 Å². The van der Waals surface area contributed by atoms with Crippen LogP contribution < -0.4 is 14.5 Å². The summed E-state index contributed by atoms with van der Waals surface area (Å²) in [6.45, 7) is 12.3. The zero-order valence-electron chi connectivity index (χ0n) is 20.1. The number of ether oxygens (including phenoxy) is 1. The van der Waals surface area contributed by atoms with Crippen LogP contribution in [0.1, 0.15) is 44.2 Å². The van der Waals surface area contributed by atoms with Crippen LogP contribution in [0.25, 0.3) is 0 Å². The summed E-state index contributed by atoms with van der Waals surface area (Å²) in [5.41, 5.74) is 4.69. The molecule has 0 bridgehead atoms. The second-order valence-electron chi connectivity index (χ2n) is 9.42. The minimum absolute atomic E-state index is 0.162. The van der Waals surface area contributed by atoms with Crippen molar-refractivity contribution >= 4 is 28.9 Å². The lowest BCUT2D eigenvalue weighted by atomic mass is 9.99. The summed E-state index contributed by atoms with van der Waals surface area (Å²) >= 11 is 6.30. The van der Waals surface area contributed by atoms with Crippen molar-refractivity contribution in [2.24, 2.45) is 0 Å². The van der Waals surface area contributed by atoms with Gasteiger partial charge in [-0.25, -0.2) is 0 Å². The first-order valence-corrected chi connectivity index (χ1v) is 12.6. The molecule has 2 aromatic rings. The predicted octanol–water partition coefficient (Wildman–Crippen LogP) is 5.32. The molecule has 0 unspecified atom stereocenters. The van der Waals surface area contributed by atoms with Crippen molar-refractivity contribution < 1.29 is 9.53 Å². The molecule has 178 valence electrons.